The molecule has 0 aromatic carbocycles. The Labute approximate surface area is 110 Å². The zero-order chi connectivity index (χ0) is 14.0. The molecule has 2 fully saturated rings. The quantitative estimate of drug-likeness (QED) is 0.838. The molecular weight excluding hydrogens is 259 g/mol. The van der Waals surface area contributed by atoms with E-state index in [1.807, 2.05) is 0 Å². The second kappa shape index (κ2) is 5.69. The smallest absolute Gasteiger partial charge is 0.395 e. The largest absolute Gasteiger partial charge is 0.406 e. The van der Waals surface area contributed by atoms with Crippen LogP contribution in [0.1, 0.15) is 32.1 Å². The lowest BCUT2D eigenvalue weighted by Gasteiger charge is -2.27. The molecule has 2 saturated carbocycles. The second-order valence-corrected chi connectivity index (χ2v) is 5.79. The Morgan fingerprint density at radius 3 is 2.47 bits per heavy atom. The number of rotatable bonds is 5. The van der Waals surface area contributed by atoms with Gasteiger partial charge >= 0.3 is 6.18 Å². The van der Waals surface area contributed by atoms with Crippen molar-refractivity contribution in [3.63, 3.8) is 0 Å². The van der Waals surface area contributed by atoms with Gasteiger partial charge in [0, 0.05) is 13.0 Å². The van der Waals surface area contributed by atoms with Crippen molar-refractivity contribution >= 4 is 5.91 Å². The predicted octanol–water partition coefficient (Wildman–Crippen LogP) is 2.20. The molecule has 3 nitrogen and oxygen atoms in total. The molecule has 0 aromatic rings. The van der Waals surface area contributed by atoms with Crippen LogP contribution in [0.3, 0.4) is 0 Å². The van der Waals surface area contributed by atoms with Crippen molar-refractivity contribution in [1.29, 1.82) is 0 Å². The third kappa shape index (κ3) is 3.84. The third-order valence-corrected chi connectivity index (χ3v) is 4.41. The van der Waals surface area contributed by atoms with Crippen LogP contribution in [0.5, 0.6) is 0 Å². The fourth-order valence-electron chi connectivity index (χ4n) is 3.61. The number of aliphatic hydroxyl groups is 1. The summed E-state index contributed by atoms with van der Waals surface area (Å²) in [5, 5.41) is 8.79. The van der Waals surface area contributed by atoms with E-state index in [-0.39, 0.29) is 18.9 Å². The Morgan fingerprint density at radius 2 is 2.00 bits per heavy atom. The van der Waals surface area contributed by atoms with Crippen LogP contribution in [0.2, 0.25) is 0 Å². The van der Waals surface area contributed by atoms with Gasteiger partial charge in [0.05, 0.1) is 6.61 Å². The summed E-state index contributed by atoms with van der Waals surface area (Å²) in [5.74, 6) is 0.983. The van der Waals surface area contributed by atoms with E-state index in [0.29, 0.717) is 11.8 Å². The van der Waals surface area contributed by atoms with Crippen molar-refractivity contribution < 1.29 is 23.1 Å². The van der Waals surface area contributed by atoms with Gasteiger partial charge in [-0.25, -0.2) is 0 Å². The SMILES string of the molecule is O=C(CC1CC2CCC1C2)N(CCO)CC(F)(F)F. The highest BCUT2D eigenvalue weighted by Gasteiger charge is 2.41. The molecule has 0 heterocycles. The maximum atomic E-state index is 12.4. The van der Waals surface area contributed by atoms with Crippen molar-refractivity contribution in [2.75, 3.05) is 19.7 Å². The van der Waals surface area contributed by atoms with Crippen molar-refractivity contribution in [1.82, 2.24) is 4.90 Å². The fraction of sp³-hybridized carbons (Fsp3) is 0.923. The van der Waals surface area contributed by atoms with Crippen LogP contribution in [0.25, 0.3) is 0 Å². The lowest BCUT2D eigenvalue weighted by Crippen LogP contribution is -2.41. The lowest BCUT2D eigenvalue weighted by atomic mass is 9.86. The molecular formula is C13H20F3NO2. The van der Waals surface area contributed by atoms with E-state index in [9.17, 15) is 18.0 Å². The van der Waals surface area contributed by atoms with Gasteiger partial charge in [0.2, 0.25) is 5.91 Å². The van der Waals surface area contributed by atoms with Gasteiger partial charge in [-0.1, -0.05) is 6.42 Å². The van der Waals surface area contributed by atoms with Gasteiger partial charge in [0.1, 0.15) is 6.54 Å². The van der Waals surface area contributed by atoms with Gasteiger partial charge in [-0.15, -0.1) is 0 Å². The highest BCUT2D eigenvalue weighted by molar-refractivity contribution is 5.76. The molecule has 110 valence electrons. The molecule has 1 amide bonds. The van der Waals surface area contributed by atoms with E-state index in [4.69, 9.17) is 5.11 Å². The molecule has 6 heteroatoms. The summed E-state index contributed by atoms with van der Waals surface area (Å²) in [6, 6.07) is 0. The van der Waals surface area contributed by atoms with Crippen molar-refractivity contribution in [2.45, 2.75) is 38.3 Å². The maximum absolute atomic E-state index is 12.4. The number of hydrogen-bond donors (Lipinski definition) is 1. The first kappa shape index (κ1) is 14.6. The molecule has 0 radical (unpaired) electrons. The first-order chi connectivity index (χ1) is 8.89. The zero-order valence-electron chi connectivity index (χ0n) is 10.8. The minimum absolute atomic E-state index is 0.206. The molecule has 3 atom stereocenters. The predicted molar refractivity (Wildman–Crippen MR) is 63.3 cm³/mol. The molecule has 19 heavy (non-hydrogen) atoms. The molecule has 3 unspecified atom stereocenters. The minimum Gasteiger partial charge on any atom is -0.395 e. The number of carbonyl (C=O) groups is 1. The van der Waals surface area contributed by atoms with E-state index in [0.717, 1.165) is 24.2 Å². The van der Waals surface area contributed by atoms with Gasteiger partial charge < -0.3 is 10.0 Å². The number of alkyl halides is 3. The van der Waals surface area contributed by atoms with Crippen molar-refractivity contribution in [2.24, 2.45) is 17.8 Å². The highest BCUT2D eigenvalue weighted by atomic mass is 19.4. The second-order valence-electron chi connectivity index (χ2n) is 5.79. The van der Waals surface area contributed by atoms with Crippen LogP contribution in [-0.4, -0.2) is 41.8 Å². The van der Waals surface area contributed by atoms with Gasteiger partial charge in [-0.2, -0.15) is 13.2 Å². The van der Waals surface area contributed by atoms with Crippen molar-refractivity contribution in [3.8, 4) is 0 Å². The number of hydrogen-bond acceptors (Lipinski definition) is 2. The Morgan fingerprint density at radius 1 is 1.26 bits per heavy atom. The Kier molecular flexibility index (Phi) is 4.38. The standard InChI is InChI=1S/C13H20F3NO2/c14-13(15,16)8-17(3-4-18)12(19)7-11-6-9-1-2-10(11)5-9/h9-11,18H,1-8H2. The van der Waals surface area contributed by atoms with Gasteiger partial charge in [0.15, 0.2) is 0 Å². The summed E-state index contributed by atoms with van der Waals surface area (Å²) in [6.07, 6.45) is 0.240. The zero-order valence-corrected chi connectivity index (χ0v) is 10.8. The summed E-state index contributed by atoms with van der Waals surface area (Å²) in [7, 11) is 0. The summed E-state index contributed by atoms with van der Waals surface area (Å²) in [5.41, 5.74) is 0. The van der Waals surface area contributed by atoms with Gasteiger partial charge in [-0.05, 0) is 37.0 Å². The molecule has 2 aliphatic rings. The summed E-state index contributed by atoms with van der Waals surface area (Å²) in [6.45, 7) is -1.93. The number of halogens is 3. The number of carbonyl (C=O) groups excluding carboxylic acids is 1. The average Bonchev–Trinajstić information content (AvgIpc) is 2.88. The van der Waals surface area contributed by atoms with Crippen LogP contribution in [0.4, 0.5) is 13.2 Å². The van der Waals surface area contributed by atoms with E-state index < -0.39 is 25.2 Å². The highest BCUT2D eigenvalue weighted by Crippen LogP contribution is 2.49. The topological polar surface area (TPSA) is 40.5 Å². The third-order valence-electron chi connectivity index (χ3n) is 4.41. The monoisotopic (exact) mass is 279 g/mol. The molecule has 0 aliphatic heterocycles. The first-order valence-corrected chi connectivity index (χ1v) is 6.84. The summed E-state index contributed by atoms with van der Waals surface area (Å²) in [4.78, 5) is 12.7. The van der Waals surface area contributed by atoms with E-state index >= 15 is 0 Å². The minimum atomic E-state index is -4.40. The number of nitrogens with zero attached hydrogens (tertiary/aromatic N) is 1. The van der Waals surface area contributed by atoms with E-state index in [1.54, 1.807) is 0 Å². The van der Waals surface area contributed by atoms with Crippen LogP contribution >= 0.6 is 0 Å². The number of aliphatic hydroxyl groups excluding tert-OH is 1. The van der Waals surface area contributed by atoms with Gasteiger partial charge in [-0.3, -0.25) is 4.79 Å². The van der Waals surface area contributed by atoms with Crippen LogP contribution < -0.4 is 0 Å². The summed E-state index contributed by atoms with van der Waals surface area (Å²) < 4.78 is 37.1. The Hall–Kier alpha value is -0.780. The van der Waals surface area contributed by atoms with Gasteiger partial charge in [0.25, 0.3) is 0 Å². The summed E-state index contributed by atoms with van der Waals surface area (Å²) >= 11 is 0. The average molecular weight is 279 g/mol. The molecule has 0 saturated heterocycles. The molecule has 2 rings (SSSR count). The van der Waals surface area contributed by atoms with Crippen molar-refractivity contribution in [3.05, 3.63) is 0 Å². The van der Waals surface area contributed by atoms with Crippen LogP contribution in [0, 0.1) is 17.8 Å². The first-order valence-electron chi connectivity index (χ1n) is 6.84. The molecule has 2 bridgehead atoms. The molecule has 2 aliphatic carbocycles. The lowest BCUT2D eigenvalue weighted by molar-refractivity contribution is -0.162. The molecule has 1 N–H and O–H groups in total. The van der Waals surface area contributed by atoms with Crippen LogP contribution in [0.15, 0.2) is 0 Å². The normalized spacial score (nSPS) is 29.8. The van der Waals surface area contributed by atoms with Crippen LogP contribution in [-0.2, 0) is 4.79 Å². The number of fused-ring (bicyclic) bond motifs is 2. The fourth-order valence-corrected chi connectivity index (χ4v) is 3.61. The maximum Gasteiger partial charge on any atom is 0.406 e. The number of amides is 1. The van der Waals surface area contributed by atoms with E-state index in [2.05, 4.69) is 0 Å². The molecule has 0 aromatic heterocycles. The van der Waals surface area contributed by atoms with E-state index in [1.165, 1.54) is 6.42 Å². The Bertz CT molecular complexity index is 332. The Balaban J connectivity index is 1.88. The molecule has 0 spiro atoms.